The Hall–Kier alpha value is -1.63. The van der Waals surface area contributed by atoms with Gasteiger partial charge in [-0.05, 0) is 24.3 Å². The van der Waals surface area contributed by atoms with Crippen LogP contribution in [0.15, 0.2) is 47.6 Å². The second-order valence-electron chi connectivity index (χ2n) is 4.82. The number of sulfonamides is 1. The van der Waals surface area contributed by atoms with Crippen LogP contribution in [0.5, 0.6) is 0 Å². The Morgan fingerprint density at radius 2 is 1.63 bits per heavy atom. The number of alkyl halides is 6. The largest absolute Gasteiger partial charge is 1.00 e. The first-order valence-electron chi connectivity index (χ1n) is 6.53. The molecule has 0 aliphatic rings. The van der Waals surface area contributed by atoms with Crippen LogP contribution in [0.25, 0.3) is 4.72 Å². The predicted molar refractivity (Wildman–Crippen MR) is 75.6 cm³/mol. The van der Waals surface area contributed by atoms with E-state index in [1.165, 1.54) is 12.3 Å². The molecule has 0 radical (unpaired) electrons. The van der Waals surface area contributed by atoms with E-state index in [2.05, 4.69) is 9.71 Å². The molecule has 0 bridgehead atoms. The third kappa shape index (κ3) is 5.67. The standard InChI is InChI=1S/C14H8F6N2O3S.Na/c15-13(16,17)8-3-4-10(11(6-8)14(18,19)20)12(23)22-26(24,25)9-2-1-5-21-7-9;/h1-7H,(H,22,23);/q;+1/p-1. The van der Waals surface area contributed by atoms with Crippen LogP contribution in [0.3, 0.4) is 0 Å². The number of aromatic nitrogens is 1. The van der Waals surface area contributed by atoms with Crippen molar-refractivity contribution < 1.29 is 69.1 Å². The Labute approximate surface area is 171 Å². The molecule has 2 aromatic rings. The van der Waals surface area contributed by atoms with Gasteiger partial charge in [-0.1, -0.05) is 6.07 Å². The summed E-state index contributed by atoms with van der Waals surface area (Å²) < 4.78 is 103. The molecule has 0 unspecified atom stereocenters. The normalized spacial score (nSPS) is 12.2. The van der Waals surface area contributed by atoms with Crippen LogP contribution in [-0.2, 0) is 22.4 Å². The maximum absolute atomic E-state index is 13.0. The summed E-state index contributed by atoms with van der Waals surface area (Å²) in [6, 6.07) is 2.37. The molecule has 27 heavy (non-hydrogen) atoms. The summed E-state index contributed by atoms with van der Waals surface area (Å²) in [5.74, 6) is -1.85. The molecular weight excluding hydrogens is 413 g/mol. The van der Waals surface area contributed by atoms with Crippen LogP contribution in [0.2, 0.25) is 0 Å². The Kier molecular flexibility index (Phi) is 7.08. The Morgan fingerprint density at radius 1 is 1.00 bits per heavy atom. The first-order chi connectivity index (χ1) is 11.8. The number of hydrogen-bond donors (Lipinski definition) is 0. The average Bonchev–Trinajstić information content (AvgIpc) is 2.53. The van der Waals surface area contributed by atoms with Crippen LogP contribution in [0.4, 0.5) is 26.3 Å². The SMILES string of the molecule is O=C([N-]S(=O)(=O)c1cccnc1)c1ccc(C(F)(F)F)cc1C(F)(F)F.[Na+]. The van der Waals surface area contributed by atoms with Gasteiger partial charge in [0.25, 0.3) is 0 Å². The Morgan fingerprint density at radius 3 is 2.11 bits per heavy atom. The van der Waals surface area contributed by atoms with Crippen molar-refractivity contribution in [3.8, 4) is 0 Å². The fraction of sp³-hybridized carbons (Fsp3) is 0.143. The van der Waals surface area contributed by atoms with Crippen molar-refractivity contribution in [1.82, 2.24) is 4.98 Å². The molecule has 0 saturated carbocycles. The molecule has 0 aliphatic heterocycles. The smallest absolute Gasteiger partial charge is 0.537 e. The molecule has 140 valence electrons. The average molecular weight is 420 g/mol. The molecule has 1 aromatic heterocycles. The van der Waals surface area contributed by atoms with Gasteiger partial charge in [-0.2, -0.15) is 26.3 Å². The molecule has 13 heteroatoms. The van der Waals surface area contributed by atoms with E-state index in [4.69, 9.17) is 0 Å². The zero-order chi connectivity index (χ0) is 19.8. The molecule has 5 nitrogen and oxygen atoms in total. The maximum Gasteiger partial charge on any atom is 1.00 e. The van der Waals surface area contributed by atoms with Gasteiger partial charge in [0.2, 0.25) is 0 Å². The second-order valence-corrected chi connectivity index (χ2v) is 6.42. The van der Waals surface area contributed by atoms with Gasteiger partial charge in [0.1, 0.15) is 10.0 Å². The Balaban J connectivity index is 0.00000364. The molecule has 0 N–H and O–H groups in total. The van der Waals surface area contributed by atoms with Crippen LogP contribution < -0.4 is 29.6 Å². The van der Waals surface area contributed by atoms with Crippen molar-refractivity contribution in [3.63, 3.8) is 0 Å². The van der Waals surface area contributed by atoms with E-state index in [1.54, 1.807) is 0 Å². The van der Waals surface area contributed by atoms with E-state index >= 15 is 0 Å². The number of benzene rings is 1. The quantitative estimate of drug-likeness (QED) is 0.549. The van der Waals surface area contributed by atoms with E-state index in [1.807, 2.05) is 0 Å². The number of nitrogens with zero attached hydrogens (tertiary/aromatic N) is 2. The number of amides is 1. The first kappa shape index (κ1) is 23.4. The van der Waals surface area contributed by atoms with Crippen molar-refractivity contribution in [1.29, 1.82) is 0 Å². The number of carbonyl (C=O) groups is 1. The number of carbonyl (C=O) groups excluding carboxylic acids is 1. The summed E-state index contributed by atoms with van der Waals surface area (Å²) >= 11 is 0. The van der Waals surface area contributed by atoms with E-state index in [9.17, 15) is 39.6 Å². The van der Waals surface area contributed by atoms with Crippen molar-refractivity contribution in [2.75, 3.05) is 0 Å². The number of pyridine rings is 1. The van der Waals surface area contributed by atoms with Crippen molar-refractivity contribution in [2.45, 2.75) is 17.2 Å². The van der Waals surface area contributed by atoms with Crippen molar-refractivity contribution >= 4 is 15.9 Å². The van der Waals surface area contributed by atoms with Crippen LogP contribution in [0.1, 0.15) is 21.5 Å². The Bertz CT molecular complexity index is 930. The molecule has 0 saturated heterocycles. The minimum absolute atomic E-state index is 0. The van der Waals surface area contributed by atoms with Gasteiger partial charge in [0.15, 0.2) is 0 Å². The van der Waals surface area contributed by atoms with Gasteiger partial charge in [-0.15, -0.1) is 0 Å². The molecule has 0 atom stereocenters. The van der Waals surface area contributed by atoms with E-state index in [0.29, 0.717) is 0 Å². The molecule has 1 aromatic carbocycles. The second kappa shape index (κ2) is 8.17. The summed E-state index contributed by atoms with van der Waals surface area (Å²) in [6.45, 7) is 0. The summed E-state index contributed by atoms with van der Waals surface area (Å²) in [5, 5.41) is 0. The number of rotatable bonds is 3. The molecule has 1 amide bonds. The summed E-state index contributed by atoms with van der Waals surface area (Å²) in [7, 11) is -4.69. The van der Waals surface area contributed by atoms with E-state index in [-0.39, 0.29) is 47.8 Å². The third-order valence-corrected chi connectivity index (χ3v) is 4.26. The molecule has 1 heterocycles. The molecular formula is C14H7F6N2NaO3S. The van der Waals surface area contributed by atoms with E-state index in [0.717, 1.165) is 12.3 Å². The molecule has 0 spiro atoms. The fourth-order valence-electron chi connectivity index (χ4n) is 1.85. The van der Waals surface area contributed by atoms with Crippen LogP contribution >= 0.6 is 0 Å². The van der Waals surface area contributed by atoms with Gasteiger partial charge in [0, 0.05) is 18.0 Å². The maximum atomic E-state index is 13.0. The summed E-state index contributed by atoms with van der Waals surface area (Å²) in [5.41, 5.74) is -4.91. The zero-order valence-corrected chi connectivity index (χ0v) is 16.2. The topological polar surface area (TPSA) is 78.2 Å². The fourth-order valence-corrected chi connectivity index (χ4v) is 2.72. The minimum Gasteiger partial charge on any atom is -0.537 e. The monoisotopic (exact) mass is 420 g/mol. The third-order valence-electron chi connectivity index (χ3n) is 3.02. The van der Waals surface area contributed by atoms with Gasteiger partial charge >= 0.3 is 41.9 Å². The molecule has 0 aliphatic carbocycles. The van der Waals surface area contributed by atoms with Gasteiger partial charge in [-0.25, -0.2) is 8.42 Å². The molecule has 0 fully saturated rings. The van der Waals surface area contributed by atoms with Crippen LogP contribution in [0, 0.1) is 0 Å². The van der Waals surface area contributed by atoms with Crippen molar-refractivity contribution in [3.05, 3.63) is 64.1 Å². The number of halogens is 6. The van der Waals surface area contributed by atoms with Crippen molar-refractivity contribution in [2.24, 2.45) is 0 Å². The molecule has 2 rings (SSSR count). The summed E-state index contributed by atoms with van der Waals surface area (Å²) in [4.78, 5) is 14.8. The zero-order valence-electron chi connectivity index (χ0n) is 13.3. The summed E-state index contributed by atoms with van der Waals surface area (Å²) in [6.07, 6.45) is -8.40. The van der Waals surface area contributed by atoms with Gasteiger partial charge in [0.05, 0.1) is 21.9 Å². The number of hydrogen-bond acceptors (Lipinski definition) is 4. The predicted octanol–water partition coefficient (Wildman–Crippen LogP) is 1.03. The van der Waals surface area contributed by atoms with Crippen LogP contribution in [-0.4, -0.2) is 19.3 Å². The van der Waals surface area contributed by atoms with Gasteiger partial charge < -0.3 is 9.52 Å². The van der Waals surface area contributed by atoms with E-state index < -0.39 is 49.9 Å². The van der Waals surface area contributed by atoms with Gasteiger partial charge in [-0.3, -0.25) is 4.98 Å². The minimum atomic E-state index is -5.33. The first-order valence-corrected chi connectivity index (χ1v) is 7.97.